The third-order valence-corrected chi connectivity index (χ3v) is 5.87. The van der Waals surface area contributed by atoms with Gasteiger partial charge in [0.1, 0.15) is 23.9 Å². The predicted molar refractivity (Wildman–Crippen MR) is 135 cm³/mol. The molecule has 196 valence electrons. The Morgan fingerprint density at radius 1 is 0.914 bits per heavy atom. The van der Waals surface area contributed by atoms with E-state index in [0.717, 1.165) is 0 Å². The Bertz CT molecular complexity index is 836. The topological polar surface area (TPSA) is 197 Å². The van der Waals surface area contributed by atoms with Gasteiger partial charge in [0.2, 0.25) is 17.7 Å². The molecule has 1 aromatic carbocycles. The minimum atomic E-state index is -1.19. The maximum atomic E-state index is 13.1. The van der Waals surface area contributed by atoms with E-state index in [1.807, 2.05) is 6.26 Å². The lowest BCUT2D eigenvalue weighted by Crippen LogP contribution is -2.57. The van der Waals surface area contributed by atoms with Gasteiger partial charge in [-0.3, -0.25) is 14.4 Å². The number of nitrogens with one attached hydrogen (secondary N) is 3. The number of phenols is 1. The highest BCUT2D eigenvalue weighted by Gasteiger charge is 2.30. The second-order valence-electron chi connectivity index (χ2n) is 8.25. The number of benzene rings is 1. The summed E-state index contributed by atoms with van der Waals surface area (Å²) in [6.07, 6.45) is 3.55. The van der Waals surface area contributed by atoms with Gasteiger partial charge in [0.05, 0.1) is 6.04 Å². The van der Waals surface area contributed by atoms with E-state index in [0.29, 0.717) is 37.1 Å². The van der Waals surface area contributed by atoms with Crippen LogP contribution < -0.4 is 27.4 Å². The maximum absolute atomic E-state index is 13.1. The molecule has 0 aliphatic rings. The van der Waals surface area contributed by atoms with Crippen molar-refractivity contribution in [1.82, 2.24) is 16.0 Å². The number of aromatic hydroxyl groups is 1. The summed E-state index contributed by atoms with van der Waals surface area (Å²) >= 11 is 1.49. The molecule has 0 aliphatic carbocycles. The van der Waals surface area contributed by atoms with E-state index in [1.165, 1.54) is 30.8 Å². The van der Waals surface area contributed by atoms with Gasteiger partial charge in [-0.25, -0.2) is 4.79 Å². The monoisotopic (exact) mass is 511 g/mol. The number of nitrogens with two attached hydrogens (primary N) is 2. The molecule has 9 N–H and O–H groups in total. The zero-order chi connectivity index (χ0) is 26.4. The van der Waals surface area contributed by atoms with Crippen LogP contribution in [0, 0.1) is 0 Å². The van der Waals surface area contributed by atoms with E-state index in [2.05, 4.69) is 16.0 Å². The summed E-state index contributed by atoms with van der Waals surface area (Å²) < 4.78 is 0. The Kier molecular flexibility index (Phi) is 13.8. The normalized spacial score (nSPS) is 14.3. The number of phenolic OH excluding ortho intramolecular Hbond substituents is 1. The molecule has 0 aromatic heterocycles. The smallest absolute Gasteiger partial charge is 0.326 e. The van der Waals surface area contributed by atoms with Crippen molar-refractivity contribution in [3.63, 3.8) is 0 Å². The van der Waals surface area contributed by atoms with Crippen molar-refractivity contribution in [3.05, 3.63) is 29.8 Å². The fourth-order valence-corrected chi connectivity index (χ4v) is 3.65. The Labute approximate surface area is 209 Å². The number of carbonyl (C=O) groups is 4. The number of hydrogen-bond donors (Lipinski definition) is 7. The van der Waals surface area contributed by atoms with Crippen molar-refractivity contribution >= 4 is 35.5 Å². The Morgan fingerprint density at radius 3 is 2.03 bits per heavy atom. The minimum absolute atomic E-state index is 0.0420. The average Bonchev–Trinajstić information content (AvgIpc) is 2.81. The molecule has 0 spiro atoms. The molecule has 4 atom stereocenters. The van der Waals surface area contributed by atoms with Gasteiger partial charge in [-0.15, -0.1) is 0 Å². The molecule has 0 heterocycles. The van der Waals surface area contributed by atoms with Crippen LogP contribution in [0.4, 0.5) is 0 Å². The molecule has 0 saturated heterocycles. The van der Waals surface area contributed by atoms with Gasteiger partial charge >= 0.3 is 5.97 Å². The zero-order valence-electron chi connectivity index (χ0n) is 20.2. The van der Waals surface area contributed by atoms with E-state index in [-0.39, 0.29) is 18.6 Å². The van der Waals surface area contributed by atoms with Crippen LogP contribution in [0.3, 0.4) is 0 Å². The first-order valence-corrected chi connectivity index (χ1v) is 12.8. The highest BCUT2D eigenvalue weighted by Crippen LogP contribution is 2.12. The molecule has 1 aromatic rings. The van der Waals surface area contributed by atoms with Gasteiger partial charge in [-0.2, -0.15) is 11.8 Å². The Balaban J connectivity index is 3.08. The molecule has 12 heteroatoms. The molecule has 0 bridgehead atoms. The summed E-state index contributed by atoms with van der Waals surface area (Å²) in [5.74, 6) is -2.33. The second-order valence-corrected chi connectivity index (χ2v) is 9.23. The lowest BCUT2D eigenvalue weighted by atomic mass is 10.0. The van der Waals surface area contributed by atoms with E-state index in [1.54, 1.807) is 12.1 Å². The van der Waals surface area contributed by atoms with Crippen LogP contribution in [0.5, 0.6) is 5.75 Å². The molecule has 3 amide bonds. The third kappa shape index (κ3) is 11.4. The summed E-state index contributed by atoms with van der Waals surface area (Å²) in [5, 5.41) is 26.8. The van der Waals surface area contributed by atoms with Crippen LogP contribution in [-0.4, -0.2) is 76.6 Å². The van der Waals surface area contributed by atoms with Gasteiger partial charge in [0.25, 0.3) is 0 Å². The number of unbranched alkanes of at least 4 members (excludes halogenated alkanes) is 1. The summed E-state index contributed by atoms with van der Waals surface area (Å²) in [7, 11) is 0. The first-order chi connectivity index (χ1) is 16.6. The molecule has 4 unspecified atom stereocenters. The number of amides is 3. The fraction of sp³-hybridized carbons (Fsp3) is 0.565. The van der Waals surface area contributed by atoms with Crippen molar-refractivity contribution in [2.24, 2.45) is 11.5 Å². The Morgan fingerprint density at radius 2 is 1.49 bits per heavy atom. The third-order valence-electron chi connectivity index (χ3n) is 5.23. The molecular formula is C23H37N5O6S. The lowest BCUT2D eigenvalue weighted by molar-refractivity contribution is -0.142. The Hall–Kier alpha value is -2.83. The number of carbonyl (C=O) groups excluding carboxylic acids is 3. The SMILES string of the molecule is CSCCC(NC(=O)C(C)N)C(=O)NC(Cc1ccc(O)cc1)C(=O)NC(CCCCN)C(=O)O. The molecular weight excluding hydrogens is 474 g/mol. The zero-order valence-corrected chi connectivity index (χ0v) is 21.0. The largest absolute Gasteiger partial charge is 0.508 e. The summed E-state index contributed by atoms with van der Waals surface area (Å²) in [5.41, 5.74) is 11.7. The van der Waals surface area contributed by atoms with E-state index in [9.17, 15) is 29.4 Å². The standard InChI is InChI=1S/C23H37N5O6S/c1-14(25)20(30)26-17(10-12-35-2)21(31)28-19(13-15-6-8-16(29)9-7-15)22(32)27-18(23(33)34)5-3-4-11-24/h6-9,14,17-19,29H,3-5,10-13,24-25H2,1-2H3,(H,26,30)(H,27,32)(H,28,31)(H,33,34). The highest BCUT2D eigenvalue weighted by molar-refractivity contribution is 7.98. The molecule has 0 saturated carbocycles. The number of carboxylic acid groups (broad SMARTS) is 1. The van der Waals surface area contributed by atoms with Crippen LogP contribution in [0.2, 0.25) is 0 Å². The second kappa shape index (κ2) is 16.0. The summed E-state index contributed by atoms with van der Waals surface area (Å²) in [4.78, 5) is 49.9. The molecule has 35 heavy (non-hydrogen) atoms. The van der Waals surface area contributed by atoms with Gasteiger partial charge in [-0.1, -0.05) is 12.1 Å². The van der Waals surface area contributed by atoms with Crippen LogP contribution >= 0.6 is 11.8 Å². The minimum Gasteiger partial charge on any atom is -0.508 e. The van der Waals surface area contributed by atoms with Crippen LogP contribution in [-0.2, 0) is 25.6 Å². The molecule has 0 aliphatic heterocycles. The van der Waals surface area contributed by atoms with Crippen LogP contribution in [0.25, 0.3) is 0 Å². The summed E-state index contributed by atoms with van der Waals surface area (Å²) in [6, 6.07) is 2.09. The number of carboxylic acids is 1. The van der Waals surface area contributed by atoms with Crippen molar-refractivity contribution < 1.29 is 29.4 Å². The maximum Gasteiger partial charge on any atom is 0.326 e. The van der Waals surface area contributed by atoms with Crippen molar-refractivity contribution in [2.75, 3.05) is 18.6 Å². The van der Waals surface area contributed by atoms with E-state index < -0.39 is 47.9 Å². The lowest BCUT2D eigenvalue weighted by Gasteiger charge is -2.25. The highest BCUT2D eigenvalue weighted by atomic mass is 32.2. The van der Waals surface area contributed by atoms with E-state index >= 15 is 0 Å². The molecule has 11 nitrogen and oxygen atoms in total. The van der Waals surface area contributed by atoms with E-state index in [4.69, 9.17) is 11.5 Å². The fourth-order valence-electron chi connectivity index (χ4n) is 3.18. The van der Waals surface area contributed by atoms with Crippen molar-refractivity contribution in [2.45, 2.75) is 63.2 Å². The first-order valence-electron chi connectivity index (χ1n) is 11.4. The number of rotatable bonds is 16. The quantitative estimate of drug-likeness (QED) is 0.146. The molecule has 0 fully saturated rings. The van der Waals surface area contributed by atoms with Gasteiger partial charge < -0.3 is 37.6 Å². The molecule has 0 radical (unpaired) electrons. The van der Waals surface area contributed by atoms with Crippen LogP contribution in [0.1, 0.15) is 38.2 Å². The number of aliphatic carboxylic acids is 1. The average molecular weight is 512 g/mol. The summed E-state index contributed by atoms with van der Waals surface area (Å²) in [6.45, 7) is 1.90. The van der Waals surface area contributed by atoms with Gasteiger partial charge in [0, 0.05) is 6.42 Å². The predicted octanol–water partition coefficient (Wildman–Crippen LogP) is -0.297. The first kappa shape index (κ1) is 30.2. The van der Waals surface area contributed by atoms with Crippen molar-refractivity contribution in [3.8, 4) is 5.75 Å². The van der Waals surface area contributed by atoms with Crippen LogP contribution in [0.15, 0.2) is 24.3 Å². The van der Waals surface area contributed by atoms with Gasteiger partial charge in [-0.05, 0) is 68.9 Å². The van der Waals surface area contributed by atoms with Crippen molar-refractivity contribution in [1.29, 1.82) is 0 Å². The molecule has 1 rings (SSSR count). The number of hydrogen-bond acceptors (Lipinski definition) is 8. The van der Waals surface area contributed by atoms with Gasteiger partial charge in [0.15, 0.2) is 0 Å². The number of thioether (sulfide) groups is 1.